The number of aryl methyl sites for hydroxylation is 1. The van der Waals surface area contributed by atoms with Gasteiger partial charge in [-0.15, -0.1) is 0 Å². The molecule has 0 saturated carbocycles. The summed E-state index contributed by atoms with van der Waals surface area (Å²) in [6.45, 7) is 1.70. The van der Waals surface area contributed by atoms with Gasteiger partial charge < -0.3 is 15.2 Å². The summed E-state index contributed by atoms with van der Waals surface area (Å²) < 4.78 is 10.2. The van der Waals surface area contributed by atoms with Crippen LogP contribution in [-0.4, -0.2) is 18.1 Å². The molecule has 1 aromatic carbocycles. The number of aromatic nitrogens is 1. The molecule has 20 heavy (non-hydrogen) atoms. The lowest BCUT2D eigenvalue weighted by Gasteiger charge is -2.08. The Hall–Kier alpha value is -2.27. The highest BCUT2D eigenvalue weighted by atomic mass is 35.5. The normalized spacial score (nSPS) is 10.2. The summed E-state index contributed by atoms with van der Waals surface area (Å²) in [5.41, 5.74) is 7.02. The molecule has 6 heteroatoms. The summed E-state index contributed by atoms with van der Waals surface area (Å²) in [4.78, 5) is 15.6. The number of pyridine rings is 1. The number of carbonyl (C=O) groups excluding carboxylic acids is 1. The Morgan fingerprint density at radius 1 is 1.30 bits per heavy atom. The molecule has 0 aliphatic carbocycles. The van der Waals surface area contributed by atoms with Gasteiger partial charge in [0.1, 0.15) is 5.75 Å². The van der Waals surface area contributed by atoms with Crippen molar-refractivity contribution in [2.75, 3.05) is 12.8 Å². The Labute approximate surface area is 121 Å². The molecule has 104 valence electrons. The third-order valence-corrected chi connectivity index (χ3v) is 2.99. The average Bonchev–Trinajstić information content (AvgIpc) is 2.42. The van der Waals surface area contributed by atoms with Gasteiger partial charge in [-0.05, 0) is 25.1 Å². The minimum atomic E-state index is -0.433. The number of carbonyl (C=O) groups is 1. The maximum atomic E-state index is 11.5. The number of benzene rings is 1. The first kappa shape index (κ1) is 14.1. The fourth-order valence-corrected chi connectivity index (χ4v) is 1.78. The summed E-state index contributed by atoms with van der Waals surface area (Å²) in [5.74, 6) is 0.440. The Kier molecular flexibility index (Phi) is 4.10. The molecule has 0 aliphatic rings. The number of nitrogens with two attached hydrogens (primary N) is 1. The molecule has 0 aliphatic heterocycles. The van der Waals surface area contributed by atoms with E-state index in [1.54, 1.807) is 37.3 Å². The molecule has 2 rings (SSSR count). The van der Waals surface area contributed by atoms with Crippen molar-refractivity contribution < 1.29 is 14.3 Å². The zero-order chi connectivity index (χ0) is 14.7. The first-order chi connectivity index (χ1) is 9.51. The first-order valence-electron chi connectivity index (χ1n) is 5.80. The van der Waals surface area contributed by atoms with Gasteiger partial charge in [-0.25, -0.2) is 9.78 Å². The molecule has 0 atom stereocenters. The van der Waals surface area contributed by atoms with Gasteiger partial charge in [-0.1, -0.05) is 11.6 Å². The second kappa shape index (κ2) is 5.79. The summed E-state index contributed by atoms with van der Waals surface area (Å²) in [5, 5.41) is 0.408. The largest absolute Gasteiger partial charge is 0.465 e. The number of rotatable bonds is 3. The van der Waals surface area contributed by atoms with E-state index < -0.39 is 5.97 Å². The standard InChI is InChI=1S/C14H13ClN2O3/c1-8-10(14(18)19-2)4-6-13(17-8)20-9-3-5-12(16)11(15)7-9/h3-7H,16H2,1-2H3. The van der Waals surface area contributed by atoms with E-state index in [1.165, 1.54) is 7.11 Å². The molecule has 0 unspecified atom stereocenters. The summed E-state index contributed by atoms with van der Waals surface area (Å²) in [6.07, 6.45) is 0. The van der Waals surface area contributed by atoms with Crippen LogP contribution in [0.25, 0.3) is 0 Å². The quantitative estimate of drug-likeness (QED) is 0.694. The molecule has 1 heterocycles. The van der Waals surface area contributed by atoms with Crippen molar-refractivity contribution >= 4 is 23.3 Å². The van der Waals surface area contributed by atoms with Crippen molar-refractivity contribution in [1.29, 1.82) is 0 Å². The van der Waals surface area contributed by atoms with Crippen LogP contribution in [0.2, 0.25) is 5.02 Å². The zero-order valence-electron chi connectivity index (χ0n) is 11.0. The van der Waals surface area contributed by atoms with Crippen molar-refractivity contribution in [3.63, 3.8) is 0 Å². The van der Waals surface area contributed by atoms with E-state index in [0.29, 0.717) is 33.6 Å². The van der Waals surface area contributed by atoms with Crippen LogP contribution in [0.15, 0.2) is 30.3 Å². The lowest BCUT2D eigenvalue weighted by Crippen LogP contribution is -2.05. The van der Waals surface area contributed by atoms with Gasteiger partial charge in [0.05, 0.1) is 29.1 Å². The number of hydrogen-bond acceptors (Lipinski definition) is 5. The predicted molar refractivity (Wildman–Crippen MR) is 76.3 cm³/mol. The zero-order valence-corrected chi connectivity index (χ0v) is 11.8. The molecule has 5 nitrogen and oxygen atoms in total. The monoisotopic (exact) mass is 292 g/mol. The molecule has 0 spiro atoms. The van der Waals surface area contributed by atoms with Crippen LogP contribution < -0.4 is 10.5 Å². The molecule has 0 radical (unpaired) electrons. The SMILES string of the molecule is COC(=O)c1ccc(Oc2ccc(N)c(Cl)c2)nc1C. The number of anilines is 1. The van der Waals surface area contributed by atoms with Crippen molar-refractivity contribution in [2.24, 2.45) is 0 Å². The highest BCUT2D eigenvalue weighted by molar-refractivity contribution is 6.33. The van der Waals surface area contributed by atoms with Crippen LogP contribution in [-0.2, 0) is 4.74 Å². The molecule has 0 bridgehead atoms. The van der Waals surface area contributed by atoms with Crippen molar-refractivity contribution in [3.8, 4) is 11.6 Å². The molecule has 1 aromatic heterocycles. The number of nitrogens with zero attached hydrogens (tertiary/aromatic N) is 1. The maximum Gasteiger partial charge on any atom is 0.339 e. The third-order valence-electron chi connectivity index (χ3n) is 2.66. The minimum Gasteiger partial charge on any atom is -0.465 e. The summed E-state index contributed by atoms with van der Waals surface area (Å²) in [7, 11) is 1.32. The van der Waals surface area contributed by atoms with Crippen molar-refractivity contribution in [1.82, 2.24) is 4.98 Å². The summed E-state index contributed by atoms with van der Waals surface area (Å²) >= 11 is 5.91. The van der Waals surface area contributed by atoms with Crippen molar-refractivity contribution in [2.45, 2.75) is 6.92 Å². The smallest absolute Gasteiger partial charge is 0.339 e. The van der Waals surface area contributed by atoms with E-state index in [4.69, 9.17) is 22.1 Å². The van der Waals surface area contributed by atoms with Gasteiger partial charge in [0.2, 0.25) is 5.88 Å². The summed E-state index contributed by atoms with van der Waals surface area (Å²) in [6, 6.07) is 8.12. The van der Waals surface area contributed by atoms with Crippen LogP contribution in [0.1, 0.15) is 16.1 Å². The van der Waals surface area contributed by atoms with E-state index in [1.807, 2.05) is 0 Å². The predicted octanol–water partition coefficient (Wildman–Crippen LogP) is 3.20. The van der Waals surface area contributed by atoms with Gasteiger partial charge in [0.15, 0.2) is 0 Å². The van der Waals surface area contributed by atoms with E-state index in [-0.39, 0.29) is 0 Å². The first-order valence-corrected chi connectivity index (χ1v) is 6.18. The van der Waals surface area contributed by atoms with E-state index >= 15 is 0 Å². The van der Waals surface area contributed by atoms with Crippen LogP contribution in [0.3, 0.4) is 0 Å². The Bertz CT molecular complexity index is 659. The molecule has 0 fully saturated rings. The van der Waals surface area contributed by atoms with Crippen molar-refractivity contribution in [3.05, 3.63) is 46.6 Å². The third kappa shape index (κ3) is 3.00. The average molecular weight is 293 g/mol. The van der Waals surface area contributed by atoms with E-state index in [9.17, 15) is 4.79 Å². The van der Waals surface area contributed by atoms with Crippen LogP contribution in [0.5, 0.6) is 11.6 Å². The number of methoxy groups -OCH3 is 1. The molecule has 0 saturated heterocycles. The number of esters is 1. The van der Waals surface area contributed by atoms with Crippen LogP contribution >= 0.6 is 11.6 Å². The Balaban J connectivity index is 2.24. The topological polar surface area (TPSA) is 74.4 Å². The number of nitrogen functional groups attached to an aromatic ring is 1. The van der Waals surface area contributed by atoms with Gasteiger partial charge in [0, 0.05) is 12.1 Å². The molecule has 2 N–H and O–H groups in total. The van der Waals surface area contributed by atoms with Crippen LogP contribution in [0, 0.1) is 6.92 Å². The molecule has 0 amide bonds. The molecular weight excluding hydrogens is 280 g/mol. The van der Waals surface area contributed by atoms with Gasteiger partial charge in [0.25, 0.3) is 0 Å². The Morgan fingerprint density at radius 3 is 2.65 bits per heavy atom. The number of ether oxygens (including phenoxy) is 2. The fourth-order valence-electron chi connectivity index (χ4n) is 1.61. The maximum absolute atomic E-state index is 11.5. The lowest BCUT2D eigenvalue weighted by atomic mass is 10.2. The number of hydrogen-bond donors (Lipinski definition) is 1. The second-order valence-electron chi connectivity index (χ2n) is 4.06. The number of halogens is 1. The van der Waals surface area contributed by atoms with Crippen LogP contribution in [0.4, 0.5) is 5.69 Å². The molecular formula is C14H13ClN2O3. The second-order valence-corrected chi connectivity index (χ2v) is 4.47. The highest BCUT2D eigenvalue weighted by Gasteiger charge is 2.11. The van der Waals surface area contributed by atoms with Gasteiger partial charge >= 0.3 is 5.97 Å². The lowest BCUT2D eigenvalue weighted by molar-refractivity contribution is 0.0599. The Morgan fingerprint density at radius 2 is 2.05 bits per heavy atom. The van der Waals surface area contributed by atoms with Gasteiger partial charge in [-0.2, -0.15) is 0 Å². The van der Waals surface area contributed by atoms with E-state index in [0.717, 1.165) is 0 Å². The minimum absolute atomic E-state index is 0.357. The highest BCUT2D eigenvalue weighted by Crippen LogP contribution is 2.27. The molecule has 2 aromatic rings. The fraction of sp³-hybridized carbons (Fsp3) is 0.143. The van der Waals surface area contributed by atoms with E-state index in [2.05, 4.69) is 9.72 Å². The van der Waals surface area contributed by atoms with Gasteiger partial charge in [-0.3, -0.25) is 0 Å².